The summed E-state index contributed by atoms with van der Waals surface area (Å²) in [6, 6.07) is 0. The molecule has 1 N–H and O–H groups in total. The average molecular weight is 256 g/mol. The van der Waals surface area contributed by atoms with Gasteiger partial charge in [-0.3, -0.25) is 4.79 Å². The third-order valence-corrected chi connectivity index (χ3v) is 3.52. The van der Waals surface area contributed by atoms with Crippen LogP contribution in [0.5, 0.6) is 0 Å². The van der Waals surface area contributed by atoms with E-state index in [2.05, 4.69) is 9.97 Å². The molecule has 0 amide bonds. The quantitative estimate of drug-likeness (QED) is 0.760. The van der Waals surface area contributed by atoms with E-state index in [4.69, 9.17) is 9.47 Å². The van der Waals surface area contributed by atoms with Crippen molar-refractivity contribution in [3.63, 3.8) is 0 Å². The fourth-order valence-corrected chi connectivity index (χ4v) is 2.68. The Kier molecular flexibility index (Phi) is 4.58. The van der Waals surface area contributed by atoms with Crippen molar-refractivity contribution in [2.45, 2.75) is 17.9 Å². The first-order valence-electron chi connectivity index (χ1n) is 5.56. The molecule has 94 valence electrons. The van der Waals surface area contributed by atoms with Crippen molar-refractivity contribution >= 4 is 11.8 Å². The minimum absolute atomic E-state index is 0.00638. The van der Waals surface area contributed by atoms with Crippen LogP contribution in [0.25, 0.3) is 0 Å². The van der Waals surface area contributed by atoms with Crippen LogP contribution in [0, 0.1) is 0 Å². The highest BCUT2D eigenvalue weighted by Crippen LogP contribution is 2.24. The van der Waals surface area contributed by atoms with Gasteiger partial charge in [-0.2, -0.15) is 11.8 Å². The summed E-state index contributed by atoms with van der Waals surface area (Å²) in [7, 11) is 1.64. The summed E-state index contributed by atoms with van der Waals surface area (Å²) in [4.78, 5) is 18.9. The number of hydrogen-bond donors (Lipinski definition) is 1. The Bertz CT molecular complexity index is 433. The number of nitrogens with one attached hydrogen (secondary N) is 1. The highest BCUT2D eigenvalue weighted by atomic mass is 32.2. The third kappa shape index (κ3) is 3.31. The van der Waals surface area contributed by atoms with Gasteiger partial charge in [-0.25, -0.2) is 4.98 Å². The lowest BCUT2D eigenvalue weighted by Gasteiger charge is -2.04. The van der Waals surface area contributed by atoms with Crippen molar-refractivity contribution < 1.29 is 9.47 Å². The second kappa shape index (κ2) is 6.18. The molecule has 0 aromatic carbocycles. The number of methoxy groups -OCH3 is 1. The SMILES string of the molecule is COCCOCCc1nc2c(c(=O)[nH]1)CSC2. The molecule has 1 aliphatic rings. The van der Waals surface area contributed by atoms with E-state index in [9.17, 15) is 4.79 Å². The van der Waals surface area contributed by atoms with Crippen LogP contribution in [-0.2, 0) is 27.4 Å². The van der Waals surface area contributed by atoms with Gasteiger partial charge in [0.05, 0.1) is 25.5 Å². The van der Waals surface area contributed by atoms with Gasteiger partial charge in [0.1, 0.15) is 5.82 Å². The number of nitrogens with zero attached hydrogens (tertiary/aromatic N) is 1. The predicted molar refractivity (Wildman–Crippen MR) is 66.3 cm³/mol. The lowest BCUT2D eigenvalue weighted by molar-refractivity contribution is 0.0716. The van der Waals surface area contributed by atoms with Gasteiger partial charge in [0.15, 0.2) is 0 Å². The van der Waals surface area contributed by atoms with E-state index < -0.39 is 0 Å². The van der Waals surface area contributed by atoms with Crippen molar-refractivity contribution in [3.05, 3.63) is 27.4 Å². The average Bonchev–Trinajstić information content (AvgIpc) is 2.77. The Balaban J connectivity index is 1.89. The summed E-state index contributed by atoms with van der Waals surface area (Å²) in [6.07, 6.45) is 0.636. The second-order valence-electron chi connectivity index (χ2n) is 3.79. The van der Waals surface area contributed by atoms with Crippen molar-refractivity contribution in [2.24, 2.45) is 0 Å². The molecule has 1 aliphatic heterocycles. The summed E-state index contributed by atoms with van der Waals surface area (Å²) in [5.41, 5.74) is 1.77. The van der Waals surface area contributed by atoms with Gasteiger partial charge in [0.25, 0.3) is 5.56 Å². The maximum absolute atomic E-state index is 11.7. The zero-order valence-corrected chi connectivity index (χ0v) is 10.6. The van der Waals surface area contributed by atoms with E-state index in [-0.39, 0.29) is 5.56 Å². The Morgan fingerprint density at radius 3 is 3.06 bits per heavy atom. The van der Waals surface area contributed by atoms with Gasteiger partial charge in [0, 0.05) is 30.6 Å². The van der Waals surface area contributed by atoms with Crippen LogP contribution in [0.4, 0.5) is 0 Å². The number of fused-ring (bicyclic) bond motifs is 1. The van der Waals surface area contributed by atoms with Gasteiger partial charge < -0.3 is 14.5 Å². The Morgan fingerprint density at radius 1 is 1.35 bits per heavy atom. The summed E-state index contributed by atoms with van der Waals surface area (Å²) < 4.78 is 10.2. The van der Waals surface area contributed by atoms with Crippen LogP contribution in [-0.4, -0.2) is 36.9 Å². The standard InChI is InChI=1S/C11H16N2O3S/c1-15-4-5-16-3-2-10-12-9-7-17-6-8(9)11(14)13-10/h2-7H2,1H3,(H,12,13,14). The Hall–Kier alpha value is -0.850. The number of aromatic nitrogens is 2. The smallest absolute Gasteiger partial charge is 0.255 e. The van der Waals surface area contributed by atoms with Gasteiger partial charge in [-0.1, -0.05) is 0 Å². The lowest BCUT2D eigenvalue weighted by atomic mass is 10.2. The summed E-state index contributed by atoms with van der Waals surface area (Å²) in [6.45, 7) is 1.71. The monoisotopic (exact) mass is 256 g/mol. The zero-order chi connectivity index (χ0) is 12.1. The highest BCUT2D eigenvalue weighted by Gasteiger charge is 2.17. The van der Waals surface area contributed by atoms with Crippen LogP contribution in [0.2, 0.25) is 0 Å². The van der Waals surface area contributed by atoms with E-state index in [0.717, 1.165) is 22.8 Å². The normalized spacial score (nSPS) is 13.9. The van der Waals surface area contributed by atoms with E-state index in [1.54, 1.807) is 18.9 Å². The fraction of sp³-hybridized carbons (Fsp3) is 0.636. The molecule has 0 spiro atoms. The first-order valence-corrected chi connectivity index (χ1v) is 6.72. The predicted octanol–water partition coefficient (Wildman–Crippen LogP) is 0.722. The molecular weight excluding hydrogens is 240 g/mol. The van der Waals surface area contributed by atoms with Crippen molar-refractivity contribution in [1.82, 2.24) is 9.97 Å². The van der Waals surface area contributed by atoms with Crippen LogP contribution >= 0.6 is 11.8 Å². The second-order valence-corrected chi connectivity index (χ2v) is 4.77. The van der Waals surface area contributed by atoms with Gasteiger partial charge in [-0.05, 0) is 0 Å². The minimum Gasteiger partial charge on any atom is -0.382 e. The van der Waals surface area contributed by atoms with Crippen molar-refractivity contribution in [2.75, 3.05) is 26.9 Å². The molecule has 0 bridgehead atoms. The summed E-state index contributed by atoms with van der Waals surface area (Å²) in [5, 5.41) is 0. The molecule has 2 heterocycles. The molecule has 0 radical (unpaired) electrons. The van der Waals surface area contributed by atoms with Gasteiger partial charge in [-0.15, -0.1) is 0 Å². The van der Waals surface area contributed by atoms with Crippen LogP contribution in [0.1, 0.15) is 17.1 Å². The number of thioether (sulfide) groups is 1. The number of ether oxygens (including phenoxy) is 2. The Labute approximate surface area is 104 Å². The number of aromatic amines is 1. The van der Waals surface area contributed by atoms with Crippen LogP contribution in [0.15, 0.2) is 4.79 Å². The van der Waals surface area contributed by atoms with Crippen molar-refractivity contribution in [1.29, 1.82) is 0 Å². The molecular formula is C11H16N2O3S. The highest BCUT2D eigenvalue weighted by molar-refractivity contribution is 7.98. The van der Waals surface area contributed by atoms with E-state index >= 15 is 0 Å². The van der Waals surface area contributed by atoms with Gasteiger partial charge in [0.2, 0.25) is 0 Å². The fourth-order valence-electron chi connectivity index (χ4n) is 1.65. The van der Waals surface area contributed by atoms with E-state index in [1.165, 1.54) is 0 Å². The molecule has 5 nitrogen and oxygen atoms in total. The van der Waals surface area contributed by atoms with Crippen LogP contribution < -0.4 is 5.56 Å². The molecule has 0 aliphatic carbocycles. The zero-order valence-electron chi connectivity index (χ0n) is 9.82. The number of hydrogen-bond acceptors (Lipinski definition) is 5. The van der Waals surface area contributed by atoms with Crippen LogP contribution in [0.3, 0.4) is 0 Å². The first-order chi connectivity index (χ1) is 8.31. The maximum atomic E-state index is 11.7. The first kappa shape index (κ1) is 12.6. The molecule has 1 aromatic heterocycles. The topological polar surface area (TPSA) is 64.2 Å². The molecule has 0 fully saturated rings. The molecule has 0 saturated carbocycles. The maximum Gasteiger partial charge on any atom is 0.255 e. The molecule has 1 aromatic rings. The molecule has 0 saturated heterocycles. The van der Waals surface area contributed by atoms with E-state index in [0.29, 0.717) is 32.1 Å². The number of H-pyrrole nitrogens is 1. The van der Waals surface area contributed by atoms with Gasteiger partial charge >= 0.3 is 0 Å². The molecule has 6 heteroatoms. The minimum atomic E-state index is 0.00638. The number of rotatable bonds is 6. The molecule has 17 heavy (non-hydrogen) atoms. The van der Waals surface area contributed by atoms with Crippen molar-refractivity contribution in [3.8, 4) is 0 Å². The lowest BCUT2D eigenvalue weighted by Crippen LogP contribution is -2.18. The molecule has 2 rings (SSSR count). The summed E-state index contributed by atoms with van der Waals surface area (Å²) >= 11 is 1.73. The largest absolute Gasteiger partial charge is 0.382 e. The summed E-state index contributed by atoms with van der Waals surface area (Å²) in [5.74, 6) is 2.34. The molecule has 0 atom stereocenters. The Morgan fingerprint density at radius 2 is 2.24 bits per heavy atom. The third-order valence-electron chi connectivity index (χ3n) is 2.55. The van der Waals surface area contributed by atoms with E-state index in [1.807, 2.05) is 0 Å². The molecule has 0 unspecified atom stereocenters.